The van der Waals surface area contributed by atoms with Crippen molar-refractivity contribution in [3.8, 4) is 10.4 Å². The molecule has 0 aromatic carbocycles. The summed E-state index contributed by atoms with van der Waals surface area (Å²) in [4.78, 5) is 17.6. The lowest BCUT2D eigenvalue weighted by molar-refractivity contribution is 0.0331. The number of fused-ring (bicyclic) bond motifs is 1. The average Bonchev–Trinajstić information content (AvgIpc) is 3.47. The van der Waals surface area contributed by atoms with Crippen LogP contribution < -0.4 is 4.90 Å². The van der Waals surface area contributed by atoms with E-state index in [1.807, 2.05) is 0 Å². The molecule has 3 aromatic rings. The van der Waals surface area contributed by atoms with E-state index in [0.717, 1.165) is 55.9 Å². The Hall–Kier alpha value is -1.54. The summed E-state index contributed by atoms with van der Waals surface area (Å²) in [5, 5.41) is 5.67. The third-order valence-corrected chi connectivity index (χ3v) is 7.83. The third-order valence-electron chi connectivity index (χ3n) is 6.06. The molecule has 29 heavy (non-hydrogen) atoms. The van der Waals surface area contributed by atoms with Crippen LogP contribution in [0.2, 0.25) is 0 Å². The van der Waals surface area contributed by atoms with E-state index in [0.29, 0.717) is 12.0 Å². The topological polar surface area (TPSA) is 41.5 Å². The van der Waals surface area contributed by atoms with Gasteiger partial charge in [0.25, 0.3) is 0 Å². The van der Waals surface area contributed by atoms with Crippen LogP contribution in [0.15, 0.2) is 22.9 Å². The molecule has 7 heteroatoms. The number of morpholine rings is 1. The van der Waals surface area contributed by atoms with Gasteiger partial charge in [-0.1, -0.05) is 19.9 Å². The van der Waals surface area contributed by atoms with Gasteiger partial charge >= 0.3 is 0 Å². The van der Waals surface area contributed by atoms with Gasteiger partial charge in [0.2, 0.25) is 0 Å². The van der Waals surface area contributed by atoms with Crippen molar-refractivity contribution in [3.63, 3.8) is 0 Å². The van der Waals surface area contributed by atoms with Gasteiger partial charge in [0.1, 0.15) is 16.5 Å². The lowest BCUT2D eigenvalue weighted by Gasteiger charge is -2.30. The Bertz CT molecular complexity index is 963. The first-order valence-corrected chi connectivity index (χ1v) is 12.4. The normalized spacial score (nSPS) is 20.9. The van der Waals surface area contributed by atoms with Crippen LogP contribution in [0.3, 0.4) is 0 Å². The molecule has 0 unspecified atom stereocenters. The van der Waals surface area contributed by atoms with Crippen molar-refractivity contribution >= 4 is 38.7 Å². The molecule has 0 N–H and O–H groups in total. The van der Waals surface area contributed by atoms with Crippen LogP contribution in [0, 0.1) is 5.92 Å². The first kappa shape index (κ1) is 19.4. The Labute approximate surface area is 180 Å². The summed E-state index contributed by atoms with van der Waals surface area (Å²) in [6.07, 6.45) is 2.49. The van der Waals surface area contributed by atoms with Crippen molar-refractivity contribution in [1.82, 2.24) is 14.9 Å². The molecule has 0 saturated carbocycles. The van der Waals surface area contributed by atoms with E-state index in [1.54, 1.807) is 22.7 Å². The second-order valence-electron chi connectivity index (χ2n) is 8.31. The summed E-state index contributed by atoms with van der Waals surface area (Å²) in [6, 6.07) is 4.89. The van der Waals surface area contributed by atoms with Gasteiger partial charge < -0.3 is 9.64 Å². The molecule has 0 spiro atoms. The average molecular weight is 429 g/mol. The molecular weight excluding hydrogens is 400 g/mol. The second-order valence-corrected chi connectivity index (χ2v) is 10.1. The van der Waals surface area contributed by atoms with Crippen molar-refractivity contribution in [2.75, 3.05) is 37.7 Å². The van der Waals surface area contributed by atoms with E-state index in [4.69, 9.17) is 14.7 Å². The van der Waals surface area contributed by atoms with Gasteiger partial charge in [-0.15, -0.1) is 22.7 Å². The standard InChI is InChI=1S/C22H28N4OS2/c1-15(2)17-5-3-7-26(17)21-20-16(18-6-4-12-28-18)14-29-22(20)24-19(23-21)13-25-8-10-27-11-9-25/h4,6,12,14-15,17H,3,5,7-11,13H2,1-2H3/t17-/m0/s1. The molecule has 0 bridgehead atoms. The first-order valence-electron chi connectivity index (χ1n) is 10.6. The zero-order valence-corrected chi connectivity index (χ0v) is 18.8. The molecule has 0 amide bonds. The van der Waals surface area contributed by atoms with Crippen molar-refractivity contribution in [2.45, 2.75) is 39.3 Å². The van der Waals surface area contributed by atoms with Crippen molar-refractivity contribution in [3.05, 3.63) is 28.7 Å². The van der Waals surface area contributed by atoms with Crippen LogP contribution in [0.1, 0.15) is 32.5 Å². The molecule has 154 valence electrons. The number of hydrogen-bond donors (Lipinski definition) is 0. The van der Waals surface area contributed by atoms with E-state index in [9.17, 15) is 0 Å². The number of nitrogens with zero attached hydrogens (tertiary/aromatic N) is 4. The van der Waals surface area contributed by atoms with Crippen LogP contribution in [0.4, 0.5) is 5.82 Å². The summed E-state index contributed by atoms with van der Waals surface area (Å²) >= 11 is 3.55. The number of aromatic nitrogens is 2. The van der Waals surface area contributed by atoms with Crippen LogP contribution >= 0.6 is 22.7 Å². The zero-order valence-electron chi connectivity index (χ0n) is 17.1. The summed E-state index contributed by atoms with van der Waals surface area (Å²) in [5.74, 6) is 2.72. The maximum atomic E-state index is 5.51. The largest absolute Gasteiger partial charge is 0.379 e. The summed E-state index contributed by atoms with van der Waals surface area (Å²) < 4.78 is 5.51. The minimum absolute atomic E-state index is 0.556. The van der Waals surface area contributed by atoms with Gasteiger partial charge in [-0.25, -0.2) is 9.97 Å². The van der Waals surface area contributed by atoms with Crippen molar-refractivity contribution in [1.29, 1.82) is 0 Å². The van der Waals surface area contributed by atoms with E-state index in [-0.39, 0.29) is 0 Å². The number of ether oxygens (including phenoxy) is 1. The number of hydrogen-bond acceptors (Lipinski definition) is 7. The smallest absolute Gasteiger partial charge is 0.146 e. The number of rotatable bonds is 5. The SMILES string of the molecule is CC(C)[C@@H]1CCCN1c1nc(CN2CCOCC2)nc2scc(-c3cccs3)c12. The van der Waals surface area contributed by atoms with Gasteiger partial charge in [0.15, 0.2) is 0 Å². The van der Waals surface area contributed by atoms with E-state index in [2.05, 4.69) is 46.5 Å². The molecule has 3 aromatic heterocycles. The number of anilines is 1. The van der Waals surface area contributed by atoms with Crippen molar-refractivity contribution in [2.24, 2.45) is 5.92 Å². The Kier molecular flexibility index (Phi) is 5.56. The molecule has 0 radical (unpaired) electrons. The molecule has 2 saturated heterocycles. The second kappa shape index (κ2) is 8.30. The Morgan fingerprint density at radius 2 is 2.03 bits per heavy atom. The van der Waals surface area contributed by atoms with Gasteiger partial charge in [0, 0.05) is 41.5 Å². The monoisotopic (exact) mass is 428 g/mol. The highest BCUT2D eigenvalue weighted by molar-refractivity contribution is 7.18. The zero-order chi connectivity index (χ0) is 19.8. The van der Waals surface area contributed by atoms with E-state index >= 15 is 0 Å². The molecule has 2 aliphatic rings. The highest BCUT2D eigenvalue weighted by atomic mass is 32.1. The molecule has 0 aliphatic carbocycles. The summed E-state index contributed by atoms with van der Waals surface area (Å²) in [5.41, 5.74) is 1.29. The van der Waals surface area contributed by atoms with Crippen LogP contribution in [-0.4, -0.2) is 53.8 Å². The minimum atomic E-state index is 0.556. The predicted octanol–water partition coefficient (Wildman–Crippen LogP) is 4.88. The quantitative estimate of drug-likeness (QED) is 0.579. The number of thiophene rings is 2. The Morgan fingerprint density at radius 3 is 2.79 bits per heavy atom. The van der Waals surface area contributed by atoms with Gasteiger partial charge in [0.05, 0.1) is 25.1 Å². The fraction of sp³-hybridized carbons (Fsp3) is 0.545. The molecule has 2 fully saturated rings. The van der Waals surface area contributed by atoms with E-state index < -0.39 is 0 Å². The molecule has 5 nitrogen and oxygen atoms in total. The van der Waals surface area contributed by atoms with Crippen LogP contribution in [-0.2, 0) is 11.3 Å². The fourth-order valence-electron chi connectivity index (χ4n) is 4.57. The maximum absolute atomic E-state index is 5.51. The van der Waals surface area contributed by atoms with E-state index in [1.165, 1.54) is 28.7 Å². The Balaban J connectivity index is 1.60. The van der Waals surface area contributed by atoms with Gasteiger partial charge in [-0.05, 0) is 30.2 Å². The molecule has 5 heterocycles. The maximum Gasteiger partial charge on any atom is 0.146 e. The highest BCUT2D eigenvalue weighted by Crippen LogP contribution is 2.42. The van der Waals surface area contributed by atoms with Crippen molar-refractivity contribution < 1.29 is 4.74 Å². The summed E-state index contributed by atoms with van der Waals surface area (Å²) in [7, 11) is 0. The molecule has 1 atom stereocenters. The predicted molar refractivity (Wildman–Crippen MR) is 122 cm³/mol. The van der Waals surface area contributed by atoms with Crippen LogP contribution in [0.5, 0.6) is 0 Å². The van der Waals surface area contributed by atoms with Gasteiger partial charge in [-0.3, -0.25) is 4.90 Å². The highest BCUT2D eigenvalue weighted by Gasteiger charge is 2.31. The van der Waals surface area contributed by atoms with Crippen LogP contribution in [0.25, 0.3) is 20.7 Å². The van der Waals surface area contributed by atoms with Gasteiger partial charge in [-0.2, -0.15) is 0 Å². The Morgan fingerprint density at radius 1 is 1.17 bits per heavy atom. The molecule has 5 rings (SSSR count). The molecular formula is C22H28N4OS2. The summed E-state index contributed by atoms with van der Waals surface area (Å²) in [6.45, 7) is 10.1. The lowest BCUT2D eigenvalue weighted by atomic mass is 10.0. The third kappa shape index (κ3) is 3.81. The molecule has 2 aliphatic heterocycles. The lowest BCUT2D eigenvalue weighted by Crippen LogP contribution is -2.37. The fourth-order valence-corrected chi connectivity index (χ4v) is 6.34. The minimum Gasteiger partial charge on any atom is -0.379 e. The first-order chi connectivity index (χ1) is 14.2.